The van der Waals surface area contributed by atoms with E-state index in [0.717, 1.165) is 43.9 Å². The fourth-order valence-corrected chi connectivity index (χ4v) is 3.19. The SMILES string of the molecule is CCn1nc(C)c(Cl)c1CC1(O)CCN(C(C)C)CC1. The Bertz CT molecular complexity index is 462. The van der Waals surface area contributed by atoms with Crippen LogP contribution in [0.1, 0.15) is 45.0 Å². The maximum atomic E-state index is 10.9. The summed E-state index contributed by atoms with van der Waals surface area (Å²) in [4.78, 5) is 2.42. The molecule has 1 fully saturated rings. The summed E-state index contributed by atoms with van der Waals surface area (Å²) in [5.74, 6) is 0. The molecule has 0 atom stereocenters. The van der Waals surface area contributed by atoms with Gasteiger partial charge in [-0.2, -0.15) is 5.10 Å². The summed E-state index contributed by atoms with van der Waals surface area (Å²) in [6.07, 6.45) is 2.21. The summed E-state index contributed by atoms with van der Waals surface area (Å²) in [7, 11) is 0. The smallest absolute Gasteiger partial charge is 0.0848 e. The Morgan fingerprint density at radius 2 is 1.95 bits per heavy atom. The molecule has 20 heavy (non-hydrogen) atoms. The van der Waals surface area contributed by atoms with Gasteiger partial charge in [0, 0.05) is 32.1 Å². The van der Waals surface area contributed by atoms with Gasteiger partial charge in [0.15, 0.2) is 0 Å². The molecule has 0 spiro atoms. The van der Waals surface area contributed by atoms with Crippen LogP contribution in [0.3, 0.4) is 0 Å². The topological polar surface area (TPSA) is 41.3 Å². The van der Waals surface area contributed by atoms with Crippen LogP contribution < -0.4 is 0 Å². The van der Waals surface area contributed by atoms with Crippen LogP contribution in [0, 0.1) is 6.92 Å². The van der Waals surface area contributed by atoms with Gasteiger partial charge in [-0.1, -0.05) is 11.6 Å². The van der Waals surface area contributed by atoms with Crippen LogP contribution in [0.25, 0.3) is 0 Å². The van der Waals surface area contributed by atoms with Gasteiger partial charge in [-0.15, -0.1) is 0 Å². The summed E-state index contributed by atoms with van der Waals surface area (Å²) in [5, 5.41) is 16.0. The van der Waals surface area contributed by atoms with Crippen LogP contribution in [0.5, 0.6) is 0 Å². The second kappa shape index (κ2) is 6.04. The number of nitrogens with zero attached hydrogens (tertiary/aromatic N) is 3. The molecule has 0 saturated carbocycles. The van der Waals surface area contributed by atoms with Crippen molar-refractivity contribution < 1.29 is 5.11 Å². The van der Waals surface area contributed by atoms with Crippen molar-refractivity contribution in [1.29, 1.82) is 0 Å². The lowest BCUT2D eigenvalue weighted by molar-refractivity contribution is -0.0284. The van der Waals surface area contributed by atoms with Crippen molar-refractivity contribution in [2.75, 3.05) is 13.1 Å². The van der Waals surface area contributed by atoms with E-state index in [9.17, 15) is 5.11 Å². The number of halogens is 1. The Kier molecular flexibility index (Phi) is 4.77. The molecule has 1 aromatic rings. The molecule has 4 nitrogen and oxygen atoms in total. The quantitative estimate of drug-likeness (QED) is 0.929. The highest BCUT2D eigenvalue weighted by Gasteiger charge is 2.35. The van der Waals surface area contributed by atoms with Crippen molar-refractivity contribution in [3.63, 3.8) is 0 Å². The zero-order valence-electron chi connectivity index (χ0n) is 13.0. The van der Waals surface area contributed by atoms with E-state index in [4.69, 9.17) is 11.6 Å². The van der Waals surface area contributed by atoms with Gasteiger partial charge in [0.2, 0.25) is 0 Å². The van der Waals surface area contributed by atoms with Gasteiger partial charge >= 0.3 is 0 Å². The molecule has 0 unspecified atom stereocenters. The van der Waals surface area contributed by atoms with Crippen LogP contribution in [-0.4, -0.2) is 44.5 Å². The lowest BCUT2D eigenvalue weighted by Crippen LogP contribution is -2.48. The Balaban J connectivity index is 2.10. The van der Waals surface area contributed by atoms with E-state index in [-0.39, 0.29) is 0 Å². The van der Waals surface area contributed by atoms with Gasteiger partial charge in [-0.25, -0.2) is 0 Å². The first kappa shape index (κ1) is 15.8. The van der Waals surface area contributed by atoms with Crippen molar-refractivity contribution in [3.8, 4) is 0 Å². The monoisotopic (exact) mass is 299 g/mol. The number of piperidine rings is 1. The molecule has 1 aliphatic heterocycles. The zero-order valence-corrected chi connectivity index (χ0v) is 13.7. The van der Waals surface area contributed by atoms with Crippen molar-refractivity contribution in [1.82, 2.24) is 14.7 Å². The largest absolute Gasteiger partial charge is 0.389 e. The highest BCUT2D eigenvalue weighted by Crippen LogP contribution is 2.31. The van der Waals surface area contributed by atoms with Crippen molar-refractivity contribution in [2.45, 2.75) is 65.1 Å². The van der Waals surface area contributed by atoms with Gasteiger partial charge in [-0.3, -0.25) is 4.68 Å². The molecule has 0 aliphatic carbocycles. The van der Waals surface area contributed by atoms with Crippen LogP contribution in [0.15, 0.2) is 0 Å². The Labute approximate surface area is 126 Å². The van der Waals surface area contributed by atoms with E-state index >= 15 is 0 Å². The lowest BCUT2D eigenvalue weighted by atomic mass is 9.86. The fourth-order valence-electron chi connectivity index (χ4n) is 2.98. The summed E-state index contributed by atoms with van der Waals surface area (Å²) in [6, 6.07) is 0.548. The number of aliphatic hydroxyl groups is 1. The van der Waals surface area contributed by atoms with E-state index in [2.05, 4.69) is 30.8 Å². The first-order valence-corrected chi connectivity index (χ1v) is 7.92. The predicted octanol–water partition coefficient (Wildman–Crippen LogP) is 2.64. The number of aryl methyl sites for hydroxylation is 2. The van der Waals surface area contributed by atoms with Gasteiger partial charge in [0.05, 0.1) is 22.0 Å². The highest BCUT2D eigenvalue weighted by molar-refractivity contribution is 6.31. The van der Waals surface area contributed by atoms with Gasteiger partial charge in [-0.05, 0) is 40.5 Å². The van der Waals surface area contributed by atoms with Gasteiger partial charge in [0.25, 0.3) is 0 Å². The van der Waals surface area contributed by atoms with E-state index in [1.165, 1.54) is 0 Å². The third-order valence-corrected chi connectivity index (χ3v) is 4.90. The standard InChI is InChI=1S/C15H26ClN3O/c1-5-19-13(14(16)12(4)17-19)10-15(20)6-8-18(9-7-15)11(2)3/h11,20H,5-10H2,1-4H3. The third kappa shape index (κ3) is 3.18. The normalized spacial score (nSPS) is 19.8. The van der Waals surface area contributed by atoms with Gasteiger partial charge in [0.1, 0.15) is 0 Å². The van der Waals surface area contributed by atoms with Crippen LogP contribution in [0.4, 0.5) is 0 Å². The van der Waals surface area contributed by atoms with Crippen molar-refractivity contribution in [2.24, 2.45) is 0 Å². The molecule has 114 valence electrons. The molecule has 1 aliphatic rings. The molecular weight excluding hydrogens is 274 g/mol. The van der Waals surface area contributed by atoms with E-state index in [1.54, 1.807) is 0 Å². The molecule has 0 bridgehead atoms. The minimum absolute atomic E-state index is 0.548. The first-order chi connectivity index (χ1) is 9.36. The summed E-state index contributed by atoms with van der Waals surface area (Å²) < 4.78 is 1.92. The first-order valence-electron chi connectivity index (χ1n) is 7.54. The molecule has 2 heterocycles. The highest BCUT2D eigenvalue weighted by atomic mass is 35.5. The van der Waals surface area contributed by atoms with Crippen LogP contribution >= 0.6 is 11.6 Å². The molecule has 1 aromatic heterocycles. The molecule has 0 aromatic carbocycles. The van der Waals surface area contributed by atoms with Crippen molar-refractivity contribution >= 4 is 11.6 Å². The Morgan fingerprint density at radius 3 is 2.45 bits per heavy atom. The van der Waals surface area contributed by atoms with E-state index < -0.39 is 5.60 Å². The molecule has 1 saturated heterocycles. The van der Waals surface area contributed by atoms with E-state index in [1.807, 2.05) is 11.6 Å². The second-order valence-corrected chi connectivity index (χ2v) is 6.57. The molecule has 0 amide bonds. The molecule has 5 heteroatoms. The Hall–Kier alpha value is -0.580. The minimum atomic E-state index is -0.644. The average molecular weight is 300 g/mol. The summed E-state index contributed by atoms with van der Waals surface area (Å²) in [6.45, 7) is 11.1. The second-order valence-electron chi connectivity index (χ2n) is 6.19. The minimum Gasteiger partial charge on any atom is -0.389 e. The maximum Gasteiger partial charge on any atom is 0.0848 e. The van der Waals surface area contributed by atoms with Crippen LogP contribution in [0.2, 0.25) is 5.02 Å². The lowest BCUT2D eigenvalue weighted by Gasteiger charge is -2.40. The number of rotatable bonds is 4. The maximum absolute atomic E-state index is 10.9. The van der Waals surface area contributed by atoms with Crippen LogP contribution in [-0.2, 0) is 13.0 Å². The molecule has 1 N–H and O–H groups in total. The van der Waals surface area contributed by atoms with Gasteiger partial charge < -0.3 is 10.0 Å². The molecular formula is C15H26ClN3O. The predicted molar refractivity (Wildman–Crippen MR) is 82.2 cm³/mol. The fraction of sp³-hybridized carbons (Fsp3) is 0.800. The molecule has 0 radical (unpaired) electrons. The summed E-state index contributed by atoms with van der Waals surface area (Å²) >= 11 is 6.35. The summed E-state index contributed by atoms with van der Waals surface area (Å²) in [5.41, 5.74) is 1.19. The van der Waals surface area contributed by atoms with Crippen molar-refractivity contribution in [3.05, 3.63) is 16.4 Å². The number of hydrogen-bond donors (Lipinski definition) is 1. The average Bonchev–Trinajstić information content (AvgIpc) is 2.66. The third-order valence-electron chi connectivity index (χ3n) is 4.41. The number of hydrogen-bond acceptors (Lipinski definition) is 3. The van der Waals surface area contributed by atoms with E-state index in [0.29, 0.717) is 17.5 Å². The molecule has 2 rings (SSSR count). The number of aromatic nitrogens is 2. The number of likely N-dealkylation sites (tertiary alicyclic amines) is 1. The zero-order chi connectivity index (χ0) is 14.9. The Morgan fingerprint density at radius 1 is 1.35 bits per heavy atom.